The number of methoxy groups -OCH3 is 3. The van der Waals surface area contributed by atoms with Crippen LogP contribution in [0.15, 0.2) is 34.4 Å². The summed E-state index contributed by atoms with van der Waals surface area (Å²) in [5, 5.41) is 9.98. The number of aryl methyl sites for hydroxylation is 1. The molecule has 2 aromatic rings. The molecule has 1 atom stereocenters. The van der Waals surface area contributed by atoms with E-state index in [1.165, 1.54) is 21.3 Å². The summed E-state index contributed by atoms with van der Waals surface area (Å²) in [6.45, 7) is 6.10. The Bertz CT molecular complexity index is 1210. The Hall–Kier alpha value is -3.68. The Labute approximate surface area is 204 Å². The van der Waals surface area contributed by atoms with E-state index >= 15 is 0 Å². The van der Waals surface area contributed by atoms with Crippen molar-refractivity contribution in [3.05, 3.63) is 56.8 Å². The summed E-state index contributed by atoms with van der Waals surface area (Å²) in [5.74, 6) is 0.763. The number of nitrogens with zero attached hydrogens (tertiary/aromatic N) is 3. The molecular formula is C25H30N4O6. The lowest BCUT2D eigenvalue weighted by Gasteiger charge is -2.29. The first kappa shape index (κ1) is 24.4. The Balaban J connectivity index is 1.85. The van der Waals surface area contributed by atoms with Crippen LogP contribution < -0.4 is 30.2 Å². The first-order valence-corrected chi connectivity index (χ1v) is 11.3. The van der Waals surface area contributed by atoms with Crippen molar-refractivity contribution in [3.8, 4) is 29.1 Å². The van der Waals surface area contributed by atoms with Crippen molar-refractivity contribution in [1.29, 1.82) is 5.26 Å². The molecule has 3 heterocycles. The highest BCUT2D eigenvalue weighted by Gasteiger charge is 2.35. The lowest BCUT2D eigenvalue weighted by Crippen LogP contribution is -2.40. The van der Waals surface area contributed by atoms with E-state index in [0.717, 1.165) is 18.8 Å². The van der Waals surface area contributed by atoms with Gasteiger partial charge in [0.05, 0.1) is 46.0 Å². The summed E-state index contributed by atoms with van der Waals surface area (Å²) < 4.78 is 29.4. The third kappa shape index (κ3) is 4.52. The summed E-state index contributed by atoms with van der Waals surface area (Å²) in [5.41, 5.74) is 7.76. The Kier molecular flexibility index (Phi) is 7.19. The van der Waals surface area contributed by atoms with Crippen molar-refractivity contribution in [2.45, 2.75) is 19.4 Å². The molecule has 2 aliphatic heterocycles. The maximum absolute atomic E-state index is 13.9. The third-order valence-electron chi connectivity index (χ3n) is 6.45. The van der Waals surface area contributed by atoms with E-state index in [4.69, 9.17) is 29.4 Å². The van der Waals surface area contributed by atoms with Crippen LogP contribution in [0.4, 0.5) is 0 Å². The molecule has 10 heteroatoms. The van der Waals surface area contributed by atoms with Crippen molar-refractivity contribution in [1.82, 2.24) is 9.47 Å². The molecule has 1 aromatic carbocycles. The minimum Gasteiger partial charge on any atom is -0.493 e. The van der Waals surface area contributed by atoms with Crippen molar-refractivity contribution >= 4 is 0 Å². The SMILES string of the molecule is COc1cc([C@@H]2C(C#N)=C(N)Oc3cc(C)n(CCN4CCOCC4)c(=O)c32)cc(OC)c1OC. The number of hydrogen-bond donors (Lipinski definition) is 1. The minimum absolute atomic E-state index is 0.0383. The molecule has 186 valence electrons. The molecule has 1 aromatic heterocycles. The first-order valence-electron chi connectivity index (χ1n) is 11.3. The van der Waals surface area contributed by atoms with Crippen LogP contribution in [0.2, 0.25) is 0 Å². The second-order valence-corrected chi connectivity index (χ2v) is 8.36. The molecule has 0 aliphatic carbocycles. The van der Waals surface area contributed by atoms with E-state index in [0.29, 0.717) is 60.4 Å². The summed E-state index contributed by atoms with van der Waals surface area (Å²) >= 11 is 0. The summed E-state index contributed by atoms with van der Waals surface area (Å²) in [7, 11) is 4.53. The molecule has 2 N–H and O–H groups in total. The third-order valence-corrected chi connectivity index (χ3v) is 6.45. The van der Waals surface area contributed by atoms with Gasteiger partial charge < -0.3 is 34.0 Å². The average molecular weight is 483 g/mol. The number of benzene rings is 1. The molecule has 1 saturated heterocycles. The van der Waals surface area contributed by atoms with E-state index in [9.17, 15) is 10.1 Å². The summed E-state index contributed by atoms with van der Waals surface area (Å²) in [6, 6.07) is 7.38. The van der Waals surface area contributed by atoms with Gasteiger partial charge in [0.15, 0.2) is 11.5 Å². The predicted octanol–water partition coefficient (Wildman–Crippen LogP) is 1.73. The standard InChI is InChI=1S/C25H30N4O6/c1-15-11-18-22(25(30)29(15)6-5-28-7-9-34-10-8-28)21(17(14-26)24(27)35-18)16-12-19(31-2)23(33-4)20(13-16)32-3/h11-13,21H,5-10,27H2,1-4H3/t21-/m1/s1. The van der Waals surface area contributed by atoms with Gasteiger partial charge in [-0.3, -0.25) is 9.69 Å². The van der Waals surface area contributed by atoms with Gasteiger partial charge in [-0.05, 0) is 24.6 Å². The zero-order chi connectivity index (χ0) is 25.1. The van der Waals surface area contributed by atoms with Crippen LogP contribution in [0.3, 0.4) is 0 Å². The zero-order valence-electron chi connectivity index (χ0n) is 20.4. The number of ether oxygens (including phenoxy) is 5. The smallest absolute Gasteiger partial charge is 0.258 e. The number of nitrogens with two attached hydrogens (primary N) is 1. The highest BCUT2D eigenvalue weighted by molar-refractivity contribution is 5.61. The van der Waals surface area contributed by atoms with Gasteiger partial charge in [0, 0.05) is 37.9 Å². The van der Waals surface area contributed by atoms with Crippen molar-refractivity contribution in [2.75, 3.05) is 54.2 Å². The fourth-order valence-corrected chi connectivity index (χ4v) is 4.63. The molecule has 35 heavy (non-hydrogen) atoms. The number of hydrogen-bond acceptors (Lipinski definition) is 9. The Morgan fingerprint density at radius 3 is 2.31 bits per heavy atom. The molecule has 1 fully saturated rings. The number of aromatic nitrogens is 1. The molecule has 0 bridgehead atoms. The monoisotopic (exact) mass is 482 g/mol. The van der Waals surface area contributed by atoms with Gasteiger partial charge >= 0.3 is 0 Å². The van der Waals surface area contributed by atoms with Crippen LogP contribution in [-0.2, 0) is 11.3 Å². The van der Waals surface area contributed by atoms with Gasteiger partial charge in [-0.2, -0.15) is 5.26 Å². The van der Waals surface area contributed by atoms with E-state index in [-0.39, 0.29) is 17.0 Å². The summed E-state index contributed by atoms with van der Waals surface area (Å²) in [4.78, 5) is 16.1. The van der Waals surface area contributed by atoms with Crippen molar-refractivity contribution in [3.63, 3.8) is 0 Å². The van der Waals surface area contributed by atoms with Crippen LogP contribution in [0.1, 0.15) is 22.7 Å². The molecule has 0 radical (unpaired) electrons. The second kappa shape index (κ2) is 10.3. The number of fused-ring (bicyclic) bond motifs is 1. The topological polar surface area (TPSA) is 121 Å². The molecule has 0 amide bonds. The molecule has 4 rings (SSSR count). The van der Waals surface area contributed by atoms with Gasteiger partial charge in [-0.1, -0.05) is 0 Å². The highest BCUT2D eigenvalue weighted by Crippen LogP contribution is 2.46. The molecule has 0 spiro atoms. The molecule has 2 aliphatic rings. The number of nitriles is 1. The maximum atomic E-state index is 13.9. The Morgan fingerprint density at radius 1 is 1.09 bits per heavy atom. The van der Waals surface area contributed by atoms with Gasteiger partial charge in [-0.25, -0.2) is 0 Å². The minimum atomic E-state index is -0.764. The number of morpholine rings is 1. The van der Waals surface area contributed by atoms with Gasteiger partial charge in [0.1, 0.15) is 17.4 Å². The van der Waals surface area contributed by atoms with Crippen molar-refractivity contribution in [2.24, 2.45) is 5.73 Å². The van der Waals surface area contributed by atoms with E-state index in [1.54, 1.807) is 22.8 Å². The van der Waals surface area contributed by atoms with E-state index < -0.39 is 5.92 Å². The lowest BCUT2D eigenvalue weighted by molar-refractivity contribution is 0.0362. The molecular weight excluding hydrogens is 452 g/mol. The predicted molar refractivity (Wildman–Crippen MR) is 128 cm³/mol. The Morgan fingerprint density at radius 2 is 1.74 bits per heavy atom. The van der Waals surface area contributed by atoms with Crippen LogP contribution in [-0.4, -0.2) is 63.6 Å². The van der Waals surface area contributed by atoms with Crippen LogP contribution in [0, 0.1) is 18.3 Å². The zero-order valence-corrected chi connectivity index (χ0v) is 20.4. The fraction of sp³-hybridized carbons (Fsp3) is 0.440. The normalized spacial score (nSPS) is 17.9. The first-order chi connectivity index (χ1) is 16.9. The van der Waals surface area contributed by atoms with Crippen LogP contribution >= 0.6 is 0 Å². The molecule has 0 saturated carbocycles. The van der Waals surface area contributed by atoms with E-state index in [2.05, 4.69) is 11.0 Å². The van der Waals surface area contributed by atoms with Gasteiger partial charge in [-0.15, -0.1) is 0 Å². The van der Waals surface area contributed by atoms with Gasteiger partial charge in [0.2, 0.25) is 11.6 Å². The quantitative estimate of drug-likeness (QED) is 0.629. The molecule has 0 unspecified atom stereocenters. The number of rotatable bonds is 7. The van der Waals surface area contributed by atoms with Gasteiger partial charge in [0.25, 0.3) is 5.56 Å². The number of pyridine rings is 1. The van der Waals surface area contributed by atoms with E-state index in [1.807, 2.05) is 6.92 Å². The van der Waals surface area contributed by atoms with Crippen LogP contribution in [0.25, 0.3) is 0 Å². The van der Waals surface area contributed by atoms with Crippen LogP contribution in [0.5, 0.6) is 23.0 Å². The second-order valence-electron chi connectivity index (χ2n) is 8.36. The molecule has 10 nitrogen and oxygen atoms in total. The largest absolute Gasteiger partial charge is 0.493 e. The number of allylic oxidation sites excluding steroid dienone is 1. The summed E-state index contributed by atoms with van der Waals surface area (Å²) in [6.07, 6.45) is 0. The van der Waals surface area contributed by atoms with Crippen molar-refractivity contribution < 1.29 is 23.7 Å². The average Bonchev–Trinajstić information content (AvgIpc) is 2.87. The highest BCUT2D eigenvalue weighted by atomic mass is 16.5. The lowest BCUT2D eigenvalue weighted by atomic mass is 9.83. The maximum Gasteiger partial charge on any atom is 0.258 e. The fourth-order valence-electron chi connectivity index (χ4n) is 4.63.